The van der Waals surface area contributed by atoms with Gasteiger partial charge in [-0.2, -0.15) is 0 Å². The van der Waals surface area contributed by atoms with Gasteiger partial charge in [0.15, 0.2) is 0 Å². The molecule has 3 aromatic rings. The number of fused-ring (bicyclic) bond motifs is 1. The lowest BCUT2D eigenvalue weighted by Gasteiger charge is -2.11. The van der Waals surface area contributed by atoms with E-state index in [1.807, 2.05) is 24.3 Å². The molecule has 2 aromatic carbocycles. The Kier molecular flexibility index (Phi) is 4.26. The number of hydrogen-bond donors (Lipinski definition) is 0. The lowest BCUT2D eigenvalue weighted by atomic mass is 9.95. The normalized spacial score (nSPS) is 10.4. The van der Waals surface area contributed by atoms with Crippen LogP contribution in [-0.4, -0.2) is 23.0 Å². The molecule has 0 saturated carbocycles. The van der Waals surface area contributed by atoms with Crippen LogP contribution in [0.3, 0.4) is 0 Å². The number of para-hydroxylation sites is 1. The van der Waals surface area contributed by atoms with Gasteiger partial charge in [0.1, 0.15) is 11.2 Å². The van der Waals surface area contributed by atoms with Crippen molar-refractivity contribution < 1.29 is 14.5 Å². The van der Waals surface area contributed by atoms with Crippen LogP contribution in [0.25, 0.3) is 28.1 Å². The molecular formula is C19H14N2O4. The third kappa shape index (κ3) is 2.85. The number of non-ortho nitro benzene ring substituents is 1. The van der Waals surface area contributed by atoms with Crippen LogP contribution < -0.4 is 0 Å². The first kappa shape index (κ1) is 16.3. The van der Waals surface area contributed by atoms with Gasteiger partial charge in [0, 0.05) is 11.5 Å². The maximum atomic E-state index is 12.0. The van der Waals surface area contributed by atoms with E-state index in [1.54, 1.807) is 24.3 Å². The van der Waals surface area contributed by atoms with Crippen LogP contribution in [0, 0.1) is 10.1 Å². The van der Waals surface area contributed by atoms with E-state index in [4.69, 9.17) is 4.74 Å². The zero-order valence-corrected chi connectivity index (χ0v) is 13.4. The highest BCUT2D eigenvalue weighted by Gasteiger charge is 2.20. The van der Waals surface area contributed by atoms with Crippen molar-refractivity contribution in [3.05, 3.63) is 76.5 Å². The zero-order valence-electron chi connectivity index (χ0n) is 13.4. The first-order chi connectivity index (χ1) is 12.1. The lowest BCUT2D eigenvalue weighted by molar-refractivity contribution is -0.383. The Balaban J connectivity index is 2.45. The van der Waals surface area contributed by atoms with Gasteiger partial charge in [-0.05, 0) is 22.8 Å². The van der Waals surface area contributed by atoms with Crippen molar-refractivity contribution >= 4 is 28.6 Å². The Labute approximate surface area is 143 Å². The molecule has 0 fully saturated rings. The van der Waals surface area contributed by atoms with Gasteiger partial charge in [0.2, 0.25) is 0 Å². The molecule has 0 atom stereocenters. The summed E-state index contributed by atoms with van der Waals surface area (Å²) in [5, 5.41) is 11.9. The molecule has 124 valence electrons. The van der Waals surface area contributed by atoms with Crippen molar-refractivity contribution in [2.45, 2.75) is 0 Å². The number of benzene rings is 2. The Morgan fingerprint density at radius 1 is 1.20 bits per heavy atom. The Morgan fingerprint density at radius 2 is 1.96 bits per heavy atom. The fraction of sp³-hybridized carbons (Fsp3) is 0.0526. The number of ether oxygens (including phenoxy) is 1. The molecule has 1 heterocycles. The molecule has 0 aliphatic carbocycles. The van der Waals surface area contributed by atoms with Crippen molar-refractivity contribution in [1.29, 1.82) is 0 Å². The van der Waals surface area contributed by atoms with Gasteiger partial charge < -0.3 is 4.74 Å². The summed E-state index contributed by atoms with van der Waals surface area (Å²) in [6.45, 7) is 3.80. The van der Waals surface area contributed by atoms with Crippen molar-refractivity contribution in [3.8, 4) is 11.1 Å². The summed E-state index contributed by atoms with van der Waals surface area (Å²) in [7, 11) is 1.24. The Morgan fingerprint density at radius 3 is 2.64 bits per heavy atom. The molecule has 0 spiro atoms. The fourth-order valence-electron chi connectivity index (χ4n) is 2.73. The number of nitro groups is 1. The smallest absolute Gasteiger partial charge is 0.356 e. The second kappa shape index (κ2) is 6.52. The molecule has 0 aliphatic heterocycles. The molecule has 25 heavy (non-hydrogen) atoms. The molecule has 1 aromatic heterocycles. The minimum absolute atomic E-state index is 0.0122. The minimum atomic E-state index is -0.655. The van der Waals surface area contributed by atoms with Crippen LogP contribution in [0.4, 0.5) is 5.69 Å². The highest BCUT2D eigenvalue weighted by atomic mass is 16.6. The van der Waals surface area contributed by atoms with E-state index in [-0.39, 0.29) is 16.9 Å². The zero-order chi connectivity index (χ0) is 18.0. The highest BCUT2D eigenvalue weighted by Crippen LogP contribution is 2.35. The number of hydrogen-bond acceptors (Lipinski definition) is 5. The summed E-state index contributed by atoms with van der Waals surface area (Å²) in [6.07, 6.45) is 1.69. The summed E-state index contributed by atoms with van der Waals surface area (Å²) < 4.78 is 4.74. The van der Waals surface area contributed by atoms with Crippen molar-refractivity contribution in [3.63, 3.8) is 0 Å². The van der Waals surface area contributed by atoms with E-state index in [0.29, 0.717) is 10.9 Å². The van der Waals surface area contributed by atoms with Gasteiger partial charge in [-0.15, -0.1) is 0 Å². The number of methoxy groups -OCH3 is 1. The standard InChI is InChI=1S/C19H14N2O4/c1-3-12-7-4-5-8-13(12)15-11-16(19(22)25-2)20-18-14(15)9-6-10-17(18)21(23)24/h3-11H,1H2,2H3. The van der Waals surface area contributed by atoms with Crippen molar-refractivity contribution in [1.82, 2.24) is 4.98 Å². The third-order valence-corrected chi connectivity index (χ3v) is 3.88. The van der Waals surface area contributed by atoms with Crippen molar-refractivity contribution in [2.24, 2.45) is 0 Å². The molecule has 0 saturated heterocycles. The van der Waals surface area contributed by atoms with E-state index in [9.17, 15) is 14.9 Å². The van der Waals surface area contributed by atoms with Crippen LogP contribution in [-0.2, 0) is 4.74 Å². The summed E-state index contributed by atoms with van der Waals surface area (Å²) in [6, 6.07) is 13.7. The summed E-state index contributed by atoms with van der Waals surface area (Å²) in [5.74, 6) is -0.655. The van der Waals surface area contributed by atoms with Crippen LogP contribution in [0.2, 0.25) is 0 Å². The topological polar surface area (TPSA) is 82.3 Å². The third-order valence-electron chi connectivity index (χ3n) is 3.88. The minimum Gasteiger partial charge on any atom is -0.464 e. The quantitative estimate of drug-likeness (QED) is 0.405. The molecule has 3 rings (SSSR count). The maximum Gasteiger partial charge on any atom is 0.356 e. The van der Waals surface area contributed by atoms with Crippen LogP contribution in [0.15, 0.2) is 55.1 Å². The Bertz CT molecular complexity index is 1010. The van der Waals surface area contributed by atoms with Gasteiger partial charge in [-0.25, -0.2) is 9.78 Å². The molecule has 0 radical (unpaired) electrons. The van der Waals surface area contributed by atoms with E-state index in [2.05, 4.69) is 11.6 Å². The fourth-order valence-corrected chi connectivity index (χ4v) is 2.73. The Hall–Kier alpha value is -3.54. The monoisotopic (exact) mass is 334 g/mol. The van der Waals surface area contributed by atoms with E-state index >= 15 is 0 Å². The second-order valence-corrected chi connectivity index (χ2v) is 5.27. The van der Waals surface area contributed by atoms with Gasteiger partial charge >= 0.3 is 5.97 Å². The number of nitrogens with zero attached hydrogens (tertiary/aromatic N) is 2. The molecule has 0 aliphatic rings. The lowest BCUT2D eigenvalue weighted by Crippen LogP contribution is -2.06. The average Bonchev–Trinajstić information content (AvgIpc) is 2.65. The van der Waals surface area contributed by atoms with E-state index in [1.165, 1.54) is 13.2 Å². The number of carbonyl (C=O) groups is 1. The molecular weight excluding hydrogens is 320 g/mol. The number of esters is 1. The number of rotatable bonds is 4. The molecule has 6 nitrogen and oxygen atoms in total. The van der Waals surface area contributed by atoms with Gasteiger partial charge in [-0.1, -0.05) is 49.1 Å². The second-order valence-electron chi connectivity index (χ2n) is 5.27. The average molecular weight is 334 g/mol. The summed E-state index contributed by atoms with van der Waals surface area (Å²) >= 11 is 0. The predicted molar refractivity (Wildman–Crippen MR) is 95.3 cm³/mol. The molecule has 0 N–H and O–H groups in total. The SMILES string of the molecule is C=Cc1ccccc1-c1cc(C(=O)OC)nc2c([N+](=O)[O-])cccc12. The first-order valence-electron chi connectivity index (χ1n) is 7.45. The van der Waals surface area contributed by atoms with Crippen LogP contribution >= 0.6 is 0 Å². The van der Waals surface area contributed by atoms with E-state index in [0.717, 1.165) is 11.1 Å². The number of carbonyl (C=O) groups excluding carboxylic acids is 1. The summed E-state index contributed by atoms with van der Waals surface area (Å²) in [4.78, 5) is 27.0. The van der Waals surface area contributed by atoms with Gasteiger partial charge in [0.05, 0.1) is 12.0 Å². The maximum absolute atomic E-state index is 12.0. The number of aromatic nitrogens is 1. The molecule has 0 unspecified atom stereocenters. The van der Waals surface area contributed by atoms with Gasteiger partial charge in [0.25, 0.3) is 5.69 Å². The number of nitro benzene ring substituents is 1. The van der Waals surface area contributed by atoms with Crippen molar-refractivity contribution in [2.75, 3.05) is 7.11 Å². The molecule has 6 heteroatoms. The van der Waals surface area contributed by atoms with Crippen LogP contribution in [0.5, 0.6) is 0 Å². The predicted octanol–water partition coefficient (Wildman–Crippen LogP) is 4.24. The van der Waals surface area contributed by atoms with Gasteiger partial charge in [-0.3, -0.25) is 10.1 Å². The number of pyridine rings is 1. The highest BCUT2D eigenvalue weighted by molar-refractivity contribution is 6.03. The summed E-state index contributed by atoms with van der Waals surface area (Å²) in [5.41, 5.74) is 2.29. The molecule has 0 bridgehead atoms. The largest absolute Gasteiger partial charge is 0.464 e. The first-order valence-corrected chi connectivity index (χ1v) is 7.45. The van der Waals surface area contributed by atoms with Crippen LogP contribution in [0.1, 0.15) is 16.1 Å². The molecule has 0 amide bonds. The van der Waals surface area contributed by atoms with E-state index < -0.39 is 10.9 Å².